The van der Waals surface area contributed by atoms with E-state index in [9.17, 15) is 0 Å². The third kappa shape index (κ3) is 7.09. The molecule has 119 valence electrons. The Hall–Kier alpha value is 0.730. The van der Waals surface area contributed by atoms with Crippen molar-refractivity contribution >= 4 is 17.7 Å². The van der Waals surface area contributed by atoms with Crippen LogP contribution in [0, 0.1) is 5.92 Å². The van der Waals surface area contributed by atoms with Crippen LogP contribution in [0.25, 0.3) is 0 Å². The molecule has 0 amide bonds. The van der Waals surface area contributed by atoms with Crippen LogP contribution >= 0.6 is 11.8 Å². The third-order valence-electron chi connectivity index (χ3n) is 3.36. The smallest absolute Gasteiger partial charge is 1.00 e. The maximum absolute atomic E-state index is 2.48. The molecule has 3 aliphatic rings. The Morgan fingerprint density at radius 1 is 1.32 bits per heavy atom. The van der Waals surface area contributed by atoms with Crippen LogP contribution in [0.1, 0.15) is 26.7 Å². The van der Waals surface area contributed by atoms with Gasteiger partial charge < -0.3 is 24.8 Å². The van der Waals surface area contributed by atoms with Gasteiger partial charge in [-0.3, -0.25) is 0 Å². The molecule has 1 radical (unpaired) electrons. The summed E-state index contributed by atoms with van der Waals surface area (Å²) in [6.45, 7) is 9.33. The van der Waals surface area contributed by atoms with Gasteiger partial charge in [0.2, 0.25) is 0 Å². The van der Waals surface area contributed by atoms with Crippen molar-refractivity contribution in [2.24, 2.45) is 5.92 Å². The van der Waals surface area contributed by atoms with Crippen molar-refractivity contribution in [2.45, 2.75) is 39.8 Å². The normalized spacial score (nSPS) is 20.5. The first-order valence-corrected chi connectivity index (χ1v) is 15.5. The van der Waals surface area contributed by atoms with E-state index in [-0.39, 0.29) is 53.1 Å². The average Bonchev–Trinajstić information content (AvgIpc) is 3.04. The van der Waals surface area contributed by atoms with Gasteiger partial charge in [0, 0.05) is 10.8 Å². The molecule has 1 heterocycles. The van der Waals surface area contributed by atoms with Crippen LogP contribution in [0.4, 0.5) is 0 Å². The summed E-state index contributed by atoms with van der Waals surface area (Å²) in [5.41, 5.74) is 1.59. The molecule has 1 aliphatic heterocycles. The molecule has 1 unspecified atom stereocenters. The molecular formula is C17H23Cl2SSiZr. The van der Waals surface area contributed by atoms with Gasteiger partial charge in [-0.1, -0.05) is 36.1 Å². The minimum atomic E-state index is -0.0737. The maximum Gasteiger partial charge on any atom is -1.00 e. The second-order valence-corrected chi connectivity index (χ2v) is 19.9. The van der Waals surface area contributed by atoms with Crippen molar-refractivity contribution in [3.63, 3.8) is 0 Å². The van der Waals surface area contributed by atoms with E-state index in [4.69, 9.17) is 0 Å². The van der Waals surface area contributed by atoms with Crippen LogP contribution in [0.15, 0.2) is 55.1 Å². The van der Waals surface area contributed by atoms with Crippen molar-refractivity contribution < 1.29 is 47.2 Å². The van der Waals surface area contributed by atoms with Gasteiger partial charge in [-0.2, -0.15) is 0 Å². The summed E-state index contributed by atoms with van der Waals surface area (Å²) in [5, 5.41) is 0. The van der Waals surface area contributed by atoms with Crippen LogP contribution in [0.5, 0.6) is 0 Å². The summed E-state index contributed by atoms with van der Waals surface area (Å²) in [5.74, 6) is 0.754. The quantitative estimate of drug-likeness (QED) is 0.532. The van der Waals surface area contributed by atoms with Crippen LogP contribution in [0.2, 0.25) is 13.1 Å². The van der Waals surface area contributed by atoms with Crippen molar-refractivity contribution in [1.82, 2.24) is 0 Å². The summed E-state index contributed by atoms with van der Waals surface area (Å²) >= 11 is 1.82. The molecule has 0 nitrogen and oxygen atoms in total. The molecule has 1 atom stereocenters. The number of halogens is 2. The van der Waals surface area contributed by atoms with Gasteiger partial charge in [-0.25, -0.2) is 0 Å². The van der Waals surface area contributed by atoms with Crippen molar-refractivity contribution in [3.8, 4) is 0 Å². The Bertz CT molecular complexity index is 519. The zero-order valence-electron chi connectivity index (χ0n) is 13.6. The molecule has 0 N–H and O–H groups in total. The van der Waals surface area contributed by atoms with Gasteiger partial charge in [0.25, 0.3) is 0 Å². The zero-order chi connectivity index (χ0) is 14.5. The summed E-state index contributed by atoms with van der Waals surface area (Å²) in [6, 6.07) is 0. The topological polar surface area (TPSA) is 0 Å². The Morgan fingerprint density at radius 3 is 2.59 bits per heavy atom. The fourth-order valence-electron chi connectivity index (χ4n) is 2.43. The molecule has 3 rings (SSSR count). The van der Waals surface area contributed by atoms with Crippen molar-refractivity contribution in [3.05, 3.63) is 55.1 Å². The zero-order valence-corrected chi connectivity index (χ0v) is 19.4. The first-order chi connectivity index (χ1) is 9.58. The van der Waals surface area contributed by atoms with Crippen LogP contribution in [0.3, 0.4) is 0 Å². The molecule has 0 spiro atoms. The van der Waals surface area contributed by atoms with E-state index in [1.807, 2.05) is 15.0 Å². The third-order valence-corrected chi connectivity index (χ3v) is 12.2. The first-order valence-electron chi connectivity index (χ1n) is 7.30. The van der Waals surface area contributed by atoms with E-state index in [2.05, 4.69) is 63.4 Å². The monoisotopic (exact) mass is 447 g/mol. The SMILES string of the molecule is CC1=CC2C=CC=C2S1.CCC1=CC[C]([Zr+2][Si](C)C)=C1.[Cl-].[Cl-]. The van der Waals surface area contributed by atoms with Crippen molar-refractivity contribution in [1.29, 1.82) is 0 Å². The van der Waals surface area contributed by atoms with E-state index >= 15 is 0 Å². The second kappa shape index (κ2) is 11.3. The molecule has 22 heavy (non-hydrogen) atoms. The second-order valence-electron chi connectivity index (χ2n) is 5.49. The Morgan fingerprint density at radius 2 is 2.05 bits per heavy atom. The molecule has 0 aromatic heterocycles. The number of hydrogen-bond donors (Lipinski definition) is 0. The van der Waals surface area contributed by atoms with Crippen LogP contribution in [-0.2, 0) is 22.4 Å². The van der Waals surface area contributed by atoms with E-state index < -0.39 is 0 Å². The number of allylic oxidation sites excluding steroid dienone is 10. The van der Waals surface area contributed by atoms with Crippen molar-refractivity contribution in [2.75, 3.05) is 0 Å². The molecule has 0 saturated heterocycles. The molecule has 0 bridgehead atoms. The minimum absolute atomic E-state index is 0. The summed E-state index contributed by atoms with van der Waals surface area (Å²) in [6.07, 6.45) is 16.3. The van der Waals surface area contributed by atoms with Gasteiger partial charge in [0.05, 0.1) is 0 Å². The Balaban J connectivity index is 0.000000372. The number of rotatable bonds is 3. The van der Waals surface area contributed by atoms with Gasteiger partial charge >= 0.3 is 82.2 Å². The molecule has 0 saturated carbocycles. The Kier molecular flexibility index (Phi) is 11.7. The first kappa shape index (κ1) is 22.7. The Labute approximate surface area is 164 Å². The maximum atomic E-state index is 2.48. The number of hydrogen-bond acceptors (Lipinski definition) is 1. The predicted molar refractivity (Wildman–Crippen MR) is 90.6 cm³/mol. The van der Waals surface area contributed by atoms with E-state index in [0.29, 0.717) is 5.92 Å². The number of fused-ring (bicyclic) bond motifs is 1. The molecule has 5 heteroatoms. The van der Waals surface area contributed by atoms with E-state index in [0.717, 1.165) is 0 Å². The van der Waals surface area contributed by atoms with Gasteiger partial charge in [-0.15, -0.1) is 0 Å². The largest absolute Gasteiger partial charge is 1.00 e. The standard InChI is InChI=1S/C8H8S.C7H9.C2H6Si.2ClH.Zr/c1-6-5-7-3-2-4-8(7)9-6;1-2-7-5-3-4-6-7;1-3-2;;;/h2-5,7H,1H3;5-6H,2-3H2,1H3;1-2H3;2*1H;/q;;;;;+2/p-2. The van der Waals surface area contributed by atoms with Gasteiger partial charge in [-0.05, 0) is 11.8 Å². The average molecular weight is 450 g/mol. The fraction of sp³-hybridized carbons (Fsp3) is 0.412. The predicted octanol–water partition coefficient (Wildman–Crippen LogP) is -0.341. The van der Waals surface area contributed by atoms with E-state index in [1.54, 1.807) is 5.57 Å². The molecule has 0 aromatic rings. The fourth-order valence-corrected chi connectivity index (χ4v) is 11.0. The summed E-state index contributed by atoms with van der Waals surface area (Å²) in [4.78, 5) is 2.93. The molecule has 0 fully saturated rings. The minimum Gasteiger partial charge on any atom is -1.00 e. The molecule has 0 aromatic carbocycles. The van der Waals surface area contributed by atoms with Gasteiger partial charge in [0.15, 0.2) is 0 Å². The van der Waals surface area contributed by atoms with Crippen LogP contribution in [-0.4, -0.2) is 5.92 Å². The van der Waals surface area contributed by atoms with Crippen LogP contribution < -0.4 is 24.8 Å². The molecular weight excluding hydrogens is 426 g/mol. The molecule has 2 aliphatic carbocycles. The van der Waals surface area contributed by atoms with E-state index in [1.165, 1.54) is 22.7 Å². The summed E-state index contributed by atoms with van der Waals surface area (Å²) in [7, 11) is 0. The summed E-state index contributed by atoms with van der Waals surface area (Å²) < 4.78 is 1.84. The number of thioether (sulfide) groups is 1. The van der Waals surface area contributed by atoms with Gasteiger partial charge in [0.1, 0.15) is 0 Å².